The van der Waals surface area contributed by atoms with E-state index in [9.17, 15) is 5.11 Å². The van der Waals surface area contributed by atoms with Crippen molar-refractivity contribution in [3.8, 4) is 0 Å². The zero-order valence-electron chi connectivity index (χ0n) is 12.9. The summed E-state index contributed by atoms with van der Waals surface area (Å²) in [5.74, 6) is 0. The van der Waals surface area contributed by atoms with Crippen LogP contribution in [0.25, 0.3) is 0 Å². The number of unbranched alkanes of at least 4 members (excludes halogenated alkanes) is 6. The minimum absolute atomic E-state index is 0.342. The Morgan fingerprint density at radius 2 is 1.50 bits per heavy atom. The van der Waals surface area contributed by atoms with Gasteiger partial charge in [0.15, 0.2) is 0 Å². The lowest BCUT2D eigenvalue weighted by Crippen LogP contribution is -2.38. The van der Waals surface area contributed by atoms with E-state index < -0.39 is 0 Å². The lowest BCUT2D eigenvalue weighted by Gasteiger charge is -2.41. The molecule has 1 aliphatic carbocycles. The van der Waals surface area contributed by atoms with E-state index in [0.717, 1.165) is 19.3 Å². The van der Waals surface area contributed by atoms with Gasteiger partial charge >= 0.3 is 0 Å². The summed E-state index contributed by atoms with van der Waals surface area (Å²) in [5, 5.41) is 10.6. The Morgan fingerprint density at radius 1 is 0.889 bits per heavy atom. The minimum atomic E-state index is -0.342. The van der Waals surface area contributed by atoms with Crippen molar-refractivity contribution in [2.45, 2.75) is 103 Å². The van der Waals surface area contributed by atoms with Crippen molar-refractivity contribution in [3.63, 3.8) is 0 Å². The highest BCUT2D eigenvalue weighted by Gasteiger charge is 2.37. The van der Waals surface area contributed by atoms with Crippen molar-refractivity contribution in [1.29, 1.82) is 0 Å². The van der Waals surface area contributed by atoms with Gasteiger partial charge in [0, 0.05) is 0 Å². The molecule has 1 atom stereocenters. The minimum Gasteiger partial charge on any atom is -0.390 e. The summed E-state index contributed by atoms with van der Waals surface area (Å²) in [7, 11) is 0. The zero-order chi connectivity index (χ0) is 13.5. The summed E-state index contributed by atoms with van der Waals surface area (Å²) in [6.07, 6.45) is 15.0. The molecule has 0 bridgehead atoms. The van der Waals surface area contributed by atoms with Gasteiger partial charge in [-0.3, -0.25) is 0 Å². The van der Waals surface area contributed by atoms with Gasteiger partial charge in [-0.25, -0.2) is 0 Å². The van der Waals surface area contributed by atoms with E-state index in [-0.39, 0.29) is 5.60 Å². The summed E-state index contributed by atoms with van der Waals surface area (Å²) in [6.45, 7) is 6.88. The normalized spacial score (nSPS) is 27.3. The van der Waals surface area contributed by atoms with Crippen molar-refractivity contribution in [2.75, 3.05) is 0 Å². The van der Waals surface area contributed by atoms with Crippen LogP contribution in [0.3, 0.4) is 0 Å². The van der Waals surface area contributed by atoms with Crippen molar-refractivity contribution in [3.05, 3.63) is 0 Å². The largest absolute Gasteiger partial charge is 0.390 e. The molecule has 0 amide bonds. The molecule has 1 N–H and O–H groups in total. The predicted molar refractivity (Wildman–Crippen MR) is 79.8 cm³/mol. The number of hydrogen-bond donors (Lipinski definition) is 1. The predicted octanol–water partition coefficient (Wildman–Crippen LogP) is 5.46. The van der Waals surface area contributed by atoms with Gasteiger partial charge in [0.2, 0.25) is 0 Å². The van der Waals surface area contributed by atoms with E-state index in [0.29, 0.717) is 5.41 Å². The monoisotopic (exact) mass is 254 g/mol. The molecule has 0 spiro atoms. The molecule has 0 aromatic heterocycles. The second-order valence-corrected chi connectivity index (χ2v) is 7.29. The molecule has 1 rings (SSSR count). The summed E-state index contributed by atoms with van der Waals surface area (Å²) in [6, 6.07) is 0. The molecule has 0 saturated heterocycles. The maximum Gasteiger partial charge on any atom is 0.0653 e. The number of rotatable bonds is 8. The molecule has 0 heterocycles. The molecule has 1 fully saturated rings. The van der Waals surface area contributed by atoms with Gasteiger partial charge in [-0.05, 0) is 31.1 Å². The van der Waals surface area contributed by atoms with E-state index in [1.54, 1.807) is 0 Å². The number of hydrogen-bond acceptors (Lipinski definition) is 1. The quantitative estimate of drug-likeness (QED) is 0.570. The van der Waals surface area contributed by atoms with Gasteiger partial charge < -0.3 is 5.11 Å². The molecule has 108 valence electrons. The smallest absolute Gasteiger partial charge is 0.0653 e. The molecule has 0 aromatic rings. The first-order valence-corrected chi connectivity index (χ1v) is 8.20. The van der Waals surface area contributed by atoms with Crippen LogP contribution in [0, 0.1) is 5.41 Å². The van der Waals surface area contributed by atoms with Gasteiger partial charge in [0.25, 0.3) is 0 Å². The van der Waals surface area contributed by atoms with Gasteiger partial charge in [0.1, 0.15) is 0 Å². The van der Waals surface area contributed by atoms with Crippen LogP contribution in [0.2, 0.25) is 0 Å². The lowest BCUT2D eigenvalue weighted by molar-refractivity contribution is -0.0465. The fourth-order valence-corrected chi connectivity index (χ4v) is 3.59. The fraction of sp³-hybridized carbons (Fsp3) is 1.00. The number of aliphatic hydroxyl groups is 1. The van der Waals surface area contributed by atoms with Crippen molar-refractivity contribution in [2.24, 2.45) is 5.41 Å². The molecule has 1 unspecified atom stereocenters. The Bertz CT molecular complexity index is 222. The molecule has 1 heteroatoms. The second kappa shape index (κ2) is 7.53. The molecule has 1 saturated carbocycles. The standard InChI is InChI=1S/C17H34O/c1-4-5-6-7-8-9-10-13-17(18)14-11-12-16(2,3)15-17/h18H,4-15H2,1-3H3. The highest BCUT2D eigenvalue weighted by Crippen LogP contribution is 2.43. The summed E-state index contributed by atoms with van der Waals surface area (Å²) in [5.41, 5.74) is 0.0132. The summed E-state index contributed by atoms with van der Waals surface area (Å²) >= 11 is 0. The topological polar surface area (TPSA) is 20.2 Å². The zero-order valence-corrected chi connectivity index (χ0v) is 12.9. The van der Waals surface area contributed by atoms with Gasteiger partial charge in [-0.15, -0.1) is 0 Å². The fourth-order valence-electron chi connectivity index (χ4n) is 3.59. The third-order valence-corrected chi connectivity index (χ3v) is 4.55. The van der Waals surface area contributed by atoms with E-state index in [2.05, 4.69) is 20.8 Å². The molecule has 0 aliphatic heterocycles. The Hall–Kier alpha value is -0.0400. The van der Waals surface area contributed by atoms with Crippen LogP contribution in [0.4, 0.5) is 0 Å². The molecule has 1 nitrogen and oxygen atoms in total. The van der Waals surface area contributed by atoms with Crippen LogP contribution < -0.4 is 0 Å². The average Bonchev–Trinajstić information content (AvgIpc) is 2.26. The Balaban J connectivity index is 2.10. The maximum absolute atomic E-state index is 10.6. The van der Waals surface area contributed by atoms with E-state index in [1.807, 2.05) is 0 Å². The van der Waals surface area contributed by atoms with Crippen molar-refractivity contribution in [1.82, 2.24) is 0 Å². The third-order valence-electron chi connectivity index (χ3n) is 4.55. The molecule has 0 radical (unpaired) electrons. The van der Waals surface area contributed by atoms with Crippen molar-refractivity contribution >= 4 is 0 Å². The SMILES string of the molecule is CCCCCCCCCC1(O)CCCC(C)(C)C1. The molecule has 1 aliphatic rings. The third kappa shape index (κ3) is 6.22. The Kier molecular flexibility index (Phi) is 6.70. The van der Waals surface area contributed by atoms with E-state index in [1.165, 1.54) is 57.8 Å². The summed E-state index contributed by atoms with van der Waals surface area (Å²) in [4.78, 5) is 0. The van der Waals surface area contributed by atoms with Gasteiger partial charge in [-0.1, -0.05) is 72.1 Å². The molecule has 18 heavy (non-hydrogen) atoms. The van der Waals surface area contributed by atoms with E-state index in [4.69, 9.17) is 0 Å². The highest BCUT2D eigenvalue weighted by molar-refractivity contribution is 4.90. The first-order chi connectivity index (χ1) is 8.47. The Labute approximate surface area is 114 Å². The van der Waals surface area contributed by atoms with Crippen LogP contribution >= 0.6 is 0 Å². The van der Waals surface area contributed by atoms with Crippen LogP contribution in [0.5, 0.6) is 0 Å². The van der Waals surface area contributed by atoms with Crippen LogP contribution in [0.1, 0.15) is 97.8 Å². The van der Waals surface area contributed by atoms with Gasteiger partial charge in [-0.2, -0.15) is 0 Å². The molecule has 0 aromatic carbocycles. The maximum atomic E-state index is 10.6. The average molecular weight is 254 g/mol. The van der Waals surface area contributed by atoms with Crippen LogP contribution in [-0.2, 0) is 0 Å². The Morgan fingerprint density at radius 3 is 2.11 bits per heavy atom. The molecular weight excluding hydrogens is 220 g/mol. The van der Waals surface area contributed by atoms with Gasteiger partial charge in [0.05, 0.1) is 5.60 Å². The lowest BCUT2D eigenvalue weighted by atomic mass is 9.68. The molecular formula is C17H34O. The highest BCUT2D eigenvalue weighted by atomic mass is 16.3. The van der Waals surface area contributed by atoms with Crippen LogP contribution in [0.15, 0.2) is 0 Å². The summed E-state index contributed by atoms with van der Waals surface area (Å²) < 4.78 is 0. The van der Waals surface area contributed by atoms with Crippen LogP contribution in [-0.4, -0.2) is 10.7 Å². The van der Waals surface area contributed by atoms with Crippen molar-refractivity contribution < 1.29 is 5.11 Å². The van der Waals surface area contributed by atoms with E-state index >= 15 is 0 Å². The second-order valence-electron chi connectivity index (χ2n) is 7.29. The first kappa shape index (κ1) is 16.0. The first-order valence-electron chi connectivity index (χ1n) is 8.20.